The fourth-order valence-electron chi connectivity index (χ4n) is 0.613. The molecule has 0 spiro atoms. The molecule has 1 aromatic heterocycles. The summed E-state index contributed by atoms with van der Waals surface area (Å²) >= 11 is 0. The van der Waals surface area contributed by atoms with Crippen molar-refractivity contribution in [2.45, 2.75) is 0 Å². The topological polar surface area (TPSA) is 16.1 Å². The lowest BCUT2D eigenvalue weighted by atomic mass is 10.3. The molecule has 0 aliphatic rings. The first kappa shape index (κ1) is 7.62. The molecule has 0 N–H and O–H groups in total. The molecule has 1 heterocycles. The van der Waals surface area contributed by atoms with Gasteiger partial charge in [-0.2, -0.15) is 0 Å². The quantitative estimate of drug-likeness (QED) is 0.400. The van der Waals surface area contributed by atoms with Gasteiger partial charge in [-0.3, -0.25) is 4.98 Å². The first-order valence-corrected chi connectivity index (χ1v) is 3.38. The summed E-state index contributed by atoms with van der Waals surface area (Å²) in [7, 11) is 3.81. The SMILES string of the molecule is CN(C)C#Cc1cccnc1. The van der Waals surface area contributed by atoms with Gasteiger partial charge in [0.2, 0.25) is 0 Å². The van der Waals surface area contributed by atoms with Crippen molar-refractivity contribution in [2.24, 2.45) is 0 Å². The zero-order chi connectivity index (χ0) is 8.10. The summed E-state index contributed by atoms with van der Waals surface area (Å²) in [5.74, 6) is 2.96. The lowest BCUT2D eigenvalue weighted by Gasteiger charge is -1.96. The van der Waals surface area contributed by atoms with Crippen LogP contribution in [0, 0.1) is 12.0 Å². The van der Waals surface area contributed by atoms with Gasteiger partial charge in [0.15, 0.2) is 0 Å². The van der Waals surface area contributed by atoms with Crippen molar-refractivity contribution < 1.29 is 0 Å². The molecule has 0 radical (unpaired) electrons. The minimum atomic E-state index is 0.946. The Hall–Kier alpha value is -1.49. The van der Waals surface area contributed by atoms with E-state index < -0.39 is 0 Å². The first-order valence-electron chi connectivity index (χ1n) is 3.38. The normalized spacial score (nSPS) is 8.18. The van der Waals surface area contributed by atoms with E-state index in [9.17, 15) is 0 Å². The molecule has 0 bridgehead atoms. The molecule has 0 saturated heterocycles. The van der Waals surface area contributed by atoms with Crippen LogP contribution in [0.25, 0.3) is 0 Å². The van der Waals surface area contributed by atoms with Crippen molar-refractivity contribution in [1.29, 1.82) is 0 Å². The van der Waals surface area contributed by atoms with Gasteiger partial charge in [0.25, 0.3) is 0 Å². The number of hydrogen-bond acceptors (Lipinski definition) is 2. The highest BCUT2D eigenvalue weighted by Gasteiger charge is 1.81. The average molecular weight is 146 g/mol. The van der Waals surface area contributed by atoms with Crippen LogP contribution >= 0.6 is 0 Å². The van der Waals surface area contributed by atoms with Gasteiger partial charge in [0.1, 0.15) is 0 Å². The highest BCUT2D eigenvalue weighted by atomic mass is 15.0. The molecule has 0 aliphatic carbocycles. The van der Waals surface area contributed by atoms with Crippen molar-refractivity contribution in [1.82, 2.24) is 9.88 Å². The van der Waals surface area contributed by atoms with Gasteiger partial charge in [-0.25, -0.2) is 0 Å². The van der Waals surface area contributed by atoms with E-state index in [2.05, 4.69) is 16.9 Å². The Kier molecular flexibility index (Phi) is 2.51. The molecule has 0 aliphatic heterocycles. The second-order valence-corrected chi connectivity index (χ2v) is 2.37. The molecule has 1 rings (SSSR count). The van der Waals surface area contributed by atoms with E-state index in [4.69, 9.17) is 0 Å². The third-order valence-corrected chi connectivity index (χ3v) is 1.09. The monoisotopic (exact) mass is 146 g/mol. The number of aromatic nitrogens is 1. The maximum atomic E-state index is 3.94. The number of rotatable bonds is 0. The van der Waals surface area contributed by atoms with Crippen molar-refractivity contribution in [2.75, 3.05) is 14.1 Å². The largest absolute Gasteiger partial charge is 0.338 e. The predicted octanol–water partition coefficient (Wildman–Crippen LogP) is 0.952. The molecule has 0 amide bonds. The summed E-state index contributed by atoms with van der Waals surface area (Å²) in [5, 5.41) is 0. The molecular formula is C9H10N2. The van der Waals surface area contributed by atoms with Crippen molar-refractivity contribution in [3.05, 3.63) is 30.1 Å². The fraction of sp³-hybridized carbons (Fsp3) is 0.222. The molecule has 0 atom stereocenters. The van der Waals surface area contributed by atoms with E-state index in [0.29, 0.717) is 0 Å². The number of nitrogens with zero attached hydrogens (tertiary/aromatic N) is 2. The summed E-state index contributed by atoms with van der Waals surface area (Å²) in [5.41, 5.74) is 0.946. The Morgan fingerprint density at radius 3 is 2.82 bits per heavy atom. The van der Waals surface area contributed by atoms with Crippen molar-refractivity contribution >= 4 is 0 Å². The Morgan fingerprint density at radius 2 is 2.27 bits per heavy atom. The highest BCUT2D eigenvalue weighted by molar-refractivity contribution is 5.30. The van der Waals surface area contributed by atoms with E-state index in [1.54, 1.807) is 12.4 Å². The van der Waals surface area contributed by atoms with Crippen LogP contribution in [0.2, 0.25) is 0 Å². The molecule has 11 heavy (non-hydrogen) atoms. The van der Waals surface area contributed by atoms with Gasteiger partial charge in [-0.05, 0) is 18.1 Å². The highest BCUT2D eigenvalue weighted by Crippen LogP contribution is 1.90. The van der Waals surface area contributed by atoms with Crippen LogP contribution in [0.15, 0.2) is 24.5 Å². The molecule has 0 aromatic carbocycles. The fourth-order valence-corrected chi connectivity index (χ4v) is 0.613. The molecular weight excluding hydrogens is 136 g/mol. The molecule has 0 saturated carbocycles. The van der Waals surface area contributed by atoms with Gasteiger partial charge in [0, 0.05) is 38.1 Å². The lowest BCUT2D eigenvalue weighted by molar-refractivity contribution is 0.597. The molecule has 2 nitrogen and oxygen atoms in total. The first-order chi connectivity index (χ1) is 5.29. The van der Waals surface area contributed by atoms with E-state index >= 15 is 0 Å². The third-order valence-electron chi connectivity index (χ3n) is 1.09. The summed E-state index contributed by atoms with van der Waals surface area (Å²) < 4.78 is 0. The van der Waals surface area contributed by atoms with E-state index in [1.165, 1.54) is 0 Å². The molecule has 56 valence electrons. The van der Waals surface area contributed by atoms with Crippen LogP contribution in [-0.4, -0.2) is 24.0 Å². The summed E-state index contributed by atoms with van der Waals surface area (Å²) in [6.45, 7) is 0. The molecule has 0 unspecified atom stereocenters. The Labute approximate surface area is 66.9 Å². The van der Waals surface area contributed by atoms with E-state index in [-0.39, 0.29) is 0 Å². The van der Waals surface area contributed by atoms with Crippen LogP contribution in [0.3, 0.4) is 0 Å². The van der Waals surface area contributed by atoms with Crippen molar-refractivity contribution in [3.63, 3.8) is 0 Å². The maximum absolute atomic E-state index is 3.94. The maximum Gasteiger partial charge on any atom is 0.0447 e. The zero-order valence-corrected chi connectivity index (χ0v) is 6.70. The Balaban J connectivity index is 2.75. The van der Waals surface area contributed by atoms with Gasteiger partial charge >= 0.3 is 0 Å². The smallest absolute Gasteiger partial charge is 0.0447 e. The van der Waals surface area contributed by atoms with Gasteiger partial charge in [0.05, 0.1) is 0 Å². The van der Waals surface area contributed by atoms with E-state index in [0.717, 1.165) is 5.56 Å². The van der Waals surface area contributed by atoms with Gasteiger partial charge in [-0.15, -0.1) is 0 Å². The van der Waals surface area contributed by atoms with Crippen LogP contribution < -0.4 is 0 Å². The lowest BCUT2D eigenvalue weighted by Crippen LogP contribution is -2.00. The molecule has 2 heteroatoms. The standard InChI is InChI=1S/C9H10N2/c1-11(2)7-5-9-4-3-6-10-8-9/h3-4,6,8H,1-2H3. The summed E-state index contributed by atoms with van der Waals surface area (Å²) in [4.78, 5) is 5.75. The van der Waals surface area contributed by atoms with Crippen LogP contribution in [0.4, 0.5) is 0 Å². The zero-order valence-electron chi connectivity index (χ0n) is 6.70. The van der Waals surface area contributed by atoms with Gasteiger partial charge in [-0.1, -0.05) is 0 Å². The number of pyridine rings is 1. The Morgan fingerprint density at radius 1 is 1.45 bits per heavy atom. The van der Waals surface area contributed by atoms with Crippen LogP contribution in [0.5, 0.6) is 0 Å². The van der Waals surface area contributed by atoms with Crippen molar-refractivity contribution in [3.8, 4) is 12.0 Å². The summed E-state index contributed by atoms with van der Waals surface area (Å²) in [6, 6.07) is 6.71. The Bertz CT molecular complexity index is 267. The second-order valence-electron chi connectivity index (χ2n) is 2.37. The predicted molar refractivity (Wildman–Crippen MR) is 44.8 cm³/mol. The van der Waals surface area contributed by atoms with Gasteiger partial charge < -0.3 is 4.90 Å². The second kappa shape index (κ2) is 3.62. The van der Waals surface area contributed by atoms with Crippen LogP contribution in [0.1, 0.15) is 5.56 Å². The summed E-state index contributed by atoms with van der Waals surface area (Å²) in [6.07, 6.45) is 3.48. The average Bonchev–Trinajstić information content (AvgIpc) is 2.03. The minimum absolute atomic E-state index is 0.946. The minimum Gasteiger partial charge on any atom is -0.338 e. The molecule has 1 aromatic rings. The molecule has 0 fully saturated rings. The van der Waals surface area contributed by atoms with E-state index in [1.807, 2.05) is 31.1 Å². The third kappa shape index (κ3) is 2.72. The number of hydrogen-bond donors (Lipinski definition) is 0. The van der Waals surface area contributed by atoms with Crippen LogP contribution in [-0.2, 0) is 0 Å².